The predicted octanol–water partition coefficient (Wildman–Crippen LogP) is 3.67. The number of hydrogen-bond acceptors (Lipinski definition) is 4. The lowest BCUT2D eigenvalue weighted by Crippen LogP contribution is -2.08. The molecular weight excluding hydrogens is 228 g/mol. The lowest BCUT2D eigenvalue weighted by Gasteiger charge is -2.16. The molecule has 0 aliphatic carbocycles. The first-order valence-electron chi connectivity index (χ1n) is 5.27. The van der Waals surface area contributed by atoms with E-state index in [9.17, 15) is 0 Å². The summed E-state index contributed by atoms with van der Waals surface area (Å²) >= 11 is 6.15. The highest BCUT2D eigenvalue weighted by Gasteiger charge is 2.17. The van der Waals surface area contributed by atoms with Gasteiger partial charge in [0.2, 0.25) is 0 Å². The number of aryl methyl sites for hydroxylation is 1. The van der Waals surface area contributed by atoms with Crippen LogP contribution in [0.4, 0.5) is 0 Å². The van der Waals surface area contributed by atoms with Crippen molar-refractivity contribution in [3.63, 3.8) is 0 Å². The van der Waals surface area contributed by atoms with E-state index in [0.717, 1.165) is 16.2 Å². The third-order valence-electron chi connectivity index (χ3n) is 2.03. The quantitative estimate of drug-likeness (QED) is 0.610. The van der Waals surface area contributed by atoms with Gasteiger partial charge in [0.15, 0.2) is 6.29 Å². The van der Waals surface area contributed by atoms with Gasteiger partial charge < -0.3 is 9.47 Å². The van der Waals surface area contributed by atoms with Crippen molar-refractivity contribution in [2.45, 2.75) is 37.7 Å². The molecule has 0 saturated heterocycles. The molecule has 1 aromatic heterocycles. The molecule has 0 unspecified atom stereocenters. The van der Waals surface area contributed by atoms with E-state index in [4.69, 9.17) is 9.47 Å². The summed E-state index contributed by atoms with van der Waals surface area (Å²) < 4.78 is 12.1. The van der Waals surface area contributed by atoms with Crippen LogP contribution in [0.5, 0.6) is 0 Å². The van der Waals surface area contributed by atoms with E-state index in [2.05, 4.69) is 25.6 Å². The molecule has 2 nitrogen and oxygen atoms in total. The highest BCUT2D eigenvalue weighted by Crippen LogP contribution is 2.33. The Morgan fingerprint density at radius 3 is 2.27 bits per heavy atom. The first-order chi connectivity index (χ1) is 7.22. The molecule has 86 valence electrons. The fourth-order valence-corrected chi connectivity index (χ4v) is 2.69. The SMILES string of the molecule is CCOC(OCC)c1cc(CC)sc1S. The van der Waals surface area contributed by atoms with Crippen molar-refractivity contribution in [2.24, 2.45) is 0 Å². The van der Waals surface area contributed by atoms with Crippen molar-refractivity contribution in [3.8, 4) is 0 Å². The maximum Gasteiger partial charge on any atom is 0.185 e. The van der Waals surface area contributed by atoms with E-state index >= 15 is 0 Å². The van der Waals surface area contributed by atoms with Crippen molar-refractivity contribution in [2.75, 3.05) is 13.2 Å². The zero-order chi connectivity index (χ0) is 11.3. The summed E-state index contributed by atoms with van der Waals surface area (Å²) in [6.07, 6.45) is 0.771. The Balaban J connectivity index is 2.83. The number of thiol groups is 1. The molecule has 1 aromatic rings. The Hall–Kier alpha value is -0.0300. The second-order valence-corrected chi connectivity index (χ2v) is 4.96. The second-order valence-electron chi connectivity index (χ2n) is 3.07. The topological polar surface area (TPSA) is 18.5 Å². The smallest absolute Gasteiger partial charge is 0.185 e. The molecule has 0 amide bonds. The van der Waals surface area contributed by atoms with Crippen LogP contribution in [-0.2, 0) is 15.9 Å². The molecule has 0 radical (unpaired) electrons. The third kappa shape index (κ3) is 3.48. The minimum absolute atomic E-state index is 0.260. The van der Waals surface area contributed by atoms with Crippen molar-refractivity contribution >= 4 is 24.0 Å². The molecule has 0 bridgehead atoms. The van der Waals surface area contributed by atoms with Gasteiger partial charge in [0, 0.05) is 23.7 Å². The monoisotopic (exact) mass is 246 g/mol. The first kappa shape index (κ1) is 13.0. The Morgan fingerprint density at radius 2 is 1.87 bits per heavy atom. The Kier molecular flexibility index (Phi) is 5.68. The van der Waals surface area contributed by atoms with E-state index in [1.165, 1.54) is 4.88 Å². The van der Waals surface area contributed by atoms with Crippen LogP contribution in [0.3, 0.4) is 0 Å². The standard InChI is InChI=1S/C11H18O2S2/c1-4-8-7-9(11(14)15-8)10(12-5-2)13-6-3/h7,10,14H,4-6H2,1-3H3. The van der Waals surface area contributed by atoms with Crippen LogP contribution in [0.1, 0.15) is 37.5 Å². The minimum Gasteiger partial charge on any atom is -0.349 e. The Labute approximate surface area is 101 Å². The second kappa shape index (κ2) is 6.53. The number of ether oxygens (including phenoxy) is 2. The molecule has 0 aliphatic heterocycles. The summed E-state index contributed by atoms with van der Waals surface area (Å²) in [5.74, 6) is 0. The minimum atomic E-state index is -0.260. The first-order valence-corrected chi connectivity index (χ1v) is 6.54. The number of hydrogen-bond donors (Lipinski definition) is 1. The van der Waals surface area contributed by atoms with Crippen molar-refractivity contribution < 1.29 is 9.47 Å². The van der Waals surface area contributed by atoms with Gasteiger partial charge in [-0.15, -0.1) is 24.0 Å². The van der Waals surface area contributed by atoms with E-state index in [1.54, 1.807) is 11.3 Å². The fraction of sp³-hybridized carbons (Fsp3) is 0.636. The lowest BCUT2D eigenvalue weighted by molar-refractivity contribution is -0.141. The van der Waals surface area contributed by atoms with Gasteiger partial charge in [-0.1, -0.05) is 6.92 Å². The Morgan fingerprint density at radius 1 is 1.27 bits per heavy atom. The molecule has 1 rings (SSSR count). The average molecular weight is 246 g/mol. The molecule has 15 heavy (non-hydrogen) atoms. The number of thiophene rings is 1. The Bertz CT molecular complexity index is 291. The summed E-state index contributed by atoms with van der Waals surface area (Å²) in [5, 5.41) is 0. The van der Waals surface area contributed by atoms with Crippen LogP contribution in [0.2, 0.25) is 0 Å². The highest BCUT2D eigenvalue weighted by molar-refractivity contribution is 7.83. The molecular formula is C11H18O2S2. The fourth-order valence-electron chi connectivity index (χ4n) is 1.32. The van der Waals surface area contributed by atoms with E-state index in [1.807, 2.05) is 13.8 Å². The molecule has 1 heterocycles. The van der Waals surface area contributed by atoms with Gasteiger partial charge in [0.05, 0.1) is 4.21 Å². The summed E-state index contributed by atoms with van der Waals surface area (Å²) in [7, 11) is 0. The molecule has 0 atom stereocenters. The molecule has 0 saturated carbocycles. The molecule has 0 aliphatic rings. The predicted molar refractivity (Wildman–Crippen MR) is 66.9 cm³/mol. The maximum atomic E-state index is 5.54. The molecule has 0 aromatic carbocycles. The number of rotatable bonds is 6. The van der Waals surface area contributed by atoms with E-state index in [0.29, 0.717) is 13.2 Å². The van der Waals surface area contributed by atoms with Gasteiger partial charge in [0.1, 0.15) is 0 Å². The normalized spacial score (nSPS) is 11.3. The van der Waals surface area contributed by atoms with Gasteiger partial charge in [0.25, 0.3) is 0 Å². The molecule has 0 fully saturated rings. The van der Waals surface area contributed by atoms with Gasteiger partial charge in [-0.2, -0.15) is 0 Å². The van der Waals surface area contributed by atoms with E-state index < -0.39 is 0 Å². The molecule has 4 heteroatoms. The van der Waals surface area contributed by atoms with Crippen molar-refractivity contribution in [1.29, 1.82) is 0 Å². The zero-order valence-corrected chi connectivity index (χ0v) is 11.2. The van der Waals surface area contributed by atoms with Crippen molar-refractivity contribution in [3.05, 3.63) is 16.5 Å². The van der Waals surface area contributed by atoms with Crippen LogP contribution in [-0.4, -0.2) is 13.2 Å². The summed E-state index contributed by atoms with van der Waals surface area (Å²) in [6, 6.07) is 2.13. The molecule has 0 N–H and O–H groups in total. The van der Waals surface area contributed by atoms with Gasteiger partial charge in [-0.05, 0) is 26.3 Å². The van der Waals surface area contributed by atoms with Crippen LogP contribution in [0.25, 0.3) is 0 Å². The van der Waals surface area contributed by atoms with Crippen LogP contribution < -0.4 is 0 Å². The molecule has 0 spiro atoms. The van der Waals surface area contributed by atoms with Gasteiger partial charge in [-0.25, -0.2) is 0 Å². The van der Waals surface area contributed by atoms with Gasteiger partial charge in [-0.3, -0.25) is 0 Å². The summed E-state index contributed by atoms with van der Waals surface area (Å²) in [4.78, 5) is 1.32. The van der Waals surface area contributed by atoms with E-state index in [-0.39, 0.29) is 6.29 Å². The zero-order valence-electron chi connectivity index (χ0n) is 9.45. The highest BCUT2D eigenvalue weighted by atomic mass is 32.2. The largest absolute Gasteiger partial charge is 0.349 e. The third-order valence-corrected chi connectivity index (χ3v) is 3.66. The summed E-state index contributed by atoms with van der Waals surface area (Å²) in [6.45, 7) is 7.37. The van der Waals surface area contributed by atoms with Gasteiger partial charge >= 0.3 is 0 Å². The summed E-state index contributed by atoms with van der Waals surface area (Å²) in [5.41, 5.74) is 1.06. The average Bonchev–Trinajstić information content (AvgIpc) is 2.59. The maximum absolute atomic E-state index is 5.54. The van der Waals surface area contributed by atoms with Crippen molar-refractivity contribution in [1.82, 2.24) is 0 Å². The van der Waals surface area contributed by atoms with Crippen LogP contribution in [0, 0.1) is 0 Å². The van der Waals surface area contributed by atoms with Crippen LogP contribution >= 0.6 is 24.0 Å². The van der Waals surface area contributed by atoms with Crippen LogP contribution in [0.15, 0.2) is 10.3 Å². The lowest BCUT2D eigenvalue weighted by atomic mass is 10.2.